The first kappa shape index (κ1) is 15.3. The molecular formula is C19H17N5O. The van der Waals surface area contributed by atoms with Crippen LogP contribution in [0.1, 0.15) is 16.7 Å². The molecular weight excluding hydrogens is 314 g/mol. The molecule has 6 nitrogen and oxygen atoms in total. The van der Waals surface area contributed by atoms with Crippen molar-refractivity contribution < 1.29 is 0 Å². The minimum atomic E-state index is -0.176. The standard InChI is InChI=1S/C19H17N5O/c1-14-7-9-16(10-8-14)11-23-13-20-18-17(19(23)25)21-22-24(18)12-15-5-3-2-4-6-15/h2-10,13H,11-12H2,1H3. The van der Waals surface area contributed by atoms with Crippen LogP contribution in [0.3, 0.4) is 0 Å². The highest BCUT2D eigenvalue weighted by Gasteiger charge is 2.12. The fourth-order valence-electron chi connectivity index (χ4n) is 2.75. The summed E-state index contributed by atoms with van der Waals surface area (Å²) in [5.41, 5.74) is 3.95. The summed E-state index contributed by atoms with van der Waals surface area (Å²) < 4.78 is 3.22. The smallest absolute Gasteiger partial charge is 0.283 e. The number of rotatable bonds is 4. The molecule has 0 saturated heterocycles. The predicted octanol–water partition coefficient (Wildman–Crippen LogP) is 2.39. The molecule has 25 heavy (non-hydrogen) atoms. The van der Waals surface area contributed by atoms with Gasteiger partial charge in [-0.2, -0.15) is 0 Å². The molecule has 2 aromatic carbocycles. The maximum Gasteiger partial charge on any atom is 0.283 e. The first-order chi connectivity index (χ1) is 12.2. The molecule has 4 aromatic rings. The van der Waals surface area contributed by atoms with Crippen molar-refractivity contribution in [1.29, 1.82) is 0 Å². The van der Waals surface area contributed by atoms with Gasteiger partial charge in [-0.25, -0.2) is 9.67 Å². The zero-order valence-corrected chi connectivity index (χ0v) is 13.8. The van der Waals surface area contributed by atoms with Gasteiger partial charge < -0.3 is 0 Å². The Morgan fingerprint density at radius 1 is 0.920 bits per heavy atom. The van der Waals surface area contributed by atoms with Crippen molar-refractivity contribution in [2.45, 2.75) is 20.0 Å². The van der Waals surface area contributed by atoms with E-state index in [1.165, 1.54) is 5.56 Å². The summed E-state index contributed by atoms with van der Waals surface area (Å²) in [5, 5.41) is 8.15. The van der Waals surface area contributed by atoms with Gasteiger partial charge in [0.25, 0.3) is 5.56 Å². The average Bonchev–Trinajstić information content (AvgIpc) is 3.04. The molecule has 0 aliphatic carbocycles. The third-order valence-corrected chi connectivity index (χ3v) is 4.14. The molecule has 0 N–H and O–H groups in total. The number of aromatic nitrogens is 5. The Hall–Kier alpha value is -3.28. The second-order valence-electron chi connectivity index (χ2n) is 6.07. The highest BCUT2D eigenvalue weighted by molar-refractivity contribution is 5.67. The zero-order chi connectivity index (χ0) is 17.2. The van der Waals surface area contributed by atoms with Gasteiger partial charge in [0.1, 0.15) is 6.33 Å². The molecule has 0 unspecified atom stereocenters. The molecule has 0 bridgehead atoms. The Morgan fingerprint density at radius 2 is 1.64 bits per heavy atom. The van der Waals surface area contributed by atoms with Crippen LogP contribution in [-0.2, 0) is 13.1 Å². The van der Waals surface area contributed by atoms with Gasteiger partial charge in [0, 0.05) is 0 Å². The van der Waals surface area contributed by atoms with Crippen molar-refractivity contribution in [3.8, 4) is 0 Å². The summed E-state index contributed by atoms with van der Waals surface area (Å²) >= 11 is 0. The zero-order valence-electron chi connectivity index (χ0n) is 13.8. The lowest BCUT2D eigenvalue weighted by Crippen LogP contribution is -2.21. The summed E-state index contributed by atoms with van der Waals surface area (Å²) in [4.78, 5) is 17.1. The lowest BCUT2D eigenvalue weighted by atomic mass is 10.1. The van der Waals surface area contributed by atoms with E-state index in [2.05, 4.69) is 15.3 Å². The van der Waals surface area contributed by atoms with Crippen molar-refractivity contribution in [3.05, 3.63) is 88.0 Å². The maximum absolute atomic E-state index is 12.7. The molecule has 0 amide bonds. The molecule has 0 spiro atoms. The fraction of sp³-hybridized carbons (Fsp3) is 0.158. The van der Waals surface area contributed by atoms with Crippen LogP contribution in [0.2, 0.25) is 0 Å². The fourth-order valence-corrected chi connectivity index (χ4v) is 2.75. The van der Waals surface area contributed by atoms with Crippen molar-refractivity contribution in [3.63, 3.8) is 0 Å². The van der Waals surface area contributed by atoms with Gasteiger partial charge in [-0.05, 0) is 18.1 Å². The lowest BCUT2D eigenvalue weighted by molar-refractivity contribution is 0.663. The van der Waals surface area contributed by atoms with Crippen molar-refractivity contribution in [2.75, 3.05) is 0 Å². The van der Waals surface area contributed by atoms with Gasteiger partial charge in [0.2, 0.25) is 0 Å². The molecule has 0 radical (unpaired) electrons. The Bertz CT molecular complexity index is 1060. The molecule has 2 aromatic heterocycles. The van der Waals surface area contributed by atoms with Gasteiger partial charge in [0.15, 0.2) is 11.2 Å². The summed E-state index contributed by atoms with van der Waals surface area (Å²) in [6.45, 7) is 3.04. The minimum Gasteiger partial charge on any atom is -0.293 e. The number of benzene rings is 2. The molecule has 0 aliphatic heterocycles. The van der Waals surface area contributed by atoms with E-state index in [1.807, 2.05) is 61.5 Å². The predicted molar refractivity (Wildman–Crippen MR) is 95.4 cm³/mol. The van der Waals surface area contributed by atoms with Crippen LogP contribution in [0.15, 0.2) is 65.7 Å². The number of fused-ring (bicyclic) bond motifs is 1. The molecule has 0 atom stereocenters. The SMILES string of the molecule is Cc1ccc(Cn2cnc3c(nnn3Cc3ccccc3)c2=O)cc1. The molecule has 0 fully saturated rings. The normalized spacial score (nSPS) is 11.1. The van der Waals surface area contributed by atoms with E-state index in [0.717, 1.165) is 11.1 Å². The molecule has 0 aliphatic rings. The number of nitrogens with zero attached hydrogens (tertiary/aromatic N) is 5. The van der Waals surface area contributed by atoms with E-state index in [1.54, 1.807) is 15.6 Å². The van der Waals surface area contributed by atoms with E-state index in [4.69, 9.17) is 0 Å². The summed E-state index contributed by atoms with van der Waals surface area (Å²) in [6.07, 6.45) is 1.56. The van der Waals surface area contributed by atoms with E-state index >= 15 is 0 Å². The molecule has 0 saturated carbocycles. The number of aryl methyl sites for hydroxylation is 1. The molecule has 4 rings (SSSR count). The van der Waals surface area contributed by atoms with Crippen LogP contribution >= 0.6 is 0 Å². The second-order valence-corrected chi connectivity index (χ2v) is 6.07. The van der Waals surface area contributed by atoms with Crippen molar-refractivity contribution in [1.82, 2.24) is 24.5 Å². The van der Waals surface area contributed by atoms with Gasteiger partial charge >= 0.3 is 0 Å². The van der Waals surface area contributed by atoms with Crippen molar-refractivity contribution in [2.24, 2.45) is 0 Å². The van der Waals surface area contributed by atoms with Gasteiger partial charge in [0.05, 0.1) is 13.1 Å². The summed E-state index contributed by atoms with van der Waals surface area (Å²) in [5.74, 6) is 0. The van der Waals surface area contributed by atoms with E-state index in [-0.39, 0.29) is 5.56 Å². The summed E-state index contributed by atoms with van der Waals surface area (Å²) in [7, 11) is 0. The average molecular weight is 331 g/mol. The van der Waals surface area contributed by atoms with Crippen LogP contribution in [0.25, 0.3) is 11.2 Å². The van der Waals surface area contributed by atoms with Crippen LogP contribution in [0, 0.1) is 6.92 Å². The third-order valence-electron chi connectivity index (χ3n) is 4.14. The van der Waals surface area contributed by atoms with Crippen LogP contribution in [-0.4, -0.2) is 24.5 Å². The third kappa shape index (κ3) is 3.06. The highest BCUT2D eigenvalue weighted by atomic mass is 16.1. The highest BCUT2D eigenvalue weighted by Crippen LogP contribution is 2.08. The maximum atomic E-state index is 12.7. The van der Waals surface area contributed by atoms with Crippen LogP contribution < -0.4 is 5.56 Å². The molecule has 124 valence electrons. The summed E-state index contributed by atoms with van der Waals surface area (Å²) in [6, 6.07) is 18.0. The lowest BCUT2D eigenvalue weighted by Gasteiger charge is -2.06. The van der Waals surface area contributed by atoms with Gasteiger partial charge in [-0.1, -0.05) is 65.4 Å². The second kappa shape index (κ2) is 6.32. The molecule has 2 heterocycles. The first-order valence-electron chi connectivity index (χ1n) is 8.09. The van der Waals surface area contributed by atoms with Crippen LogP contribution in [0.4, 0.5) is 0 Å². The Balaban J connectivity index is 1.67. The number of hydrogen-bond acceptors (Lipinski definition) is 4. The van der Waals surface area contributed by atoms with Gasteiger partial charge in [-0.3, -0.25) is 9.36 Å². The van der Waals surface area contributed by atoms with Crippen LogP contribution in [0.5, 0.6) is 0 Å². The van der Waals surface area contributed by atoms with E-state index in [9.17, 15) is 4.79 Å². The van der Waals surface area contributed by atoms with Gasteiger partial charge in [-0.15, -0.1) is 5.10 Å². The van der Waals surface area contributed by atoms with E-state index in [0.29, 0.717) is 24.3 Å². The van der Waals surface area contributed by atoms with E-state index < -0.39 is 0 Å². The Morgan fingerprint density at radius 3 is 2.40 bits per heavy atom. The number of hydrogen-bond donors (Lipinski definition) is 0. The molecule has 6 heteroatoms. The Labute approximate surface area is 144 Å². The van der Waals surface area contributed by atoms with Crippen molar-refractivity contribution >= 4 is 11.2 Å². The monoisotopic (exact) mass is 331 g/mol. The Kier molecular flexibility index (Phi) is 3.85. The topological polar surface area (TPSA) is 65.6 Å². The minimum absolute atomic E-state index is 0.176. The largest absolute Gasteiger partial charge is 0.293 e. The quantitative estimate of drug-likeness (QED) is 0.576. The first-order valence-corrected chi connectivity index (χ1v) is 8.09.